The summed E-state index contributed by atoms with van der Waals surface area (Å²) in [4.78, 5) is 5.00. The minimum absolute atomic E-state index is 0.171. The Balaban J connectivity index is 1.87. The van der Waals surface area contributed by atoms with Gasteiger partial charge in [0.15, 0.2) is 0 Å². The van der Waals surface area contributed by atoms with Gasteiger partial charge in [0.2, 0.25) is 0 Å². The first-order chi connectivity index (χ1) is 7.76. The molecule has 0 aromatic rings. The lowest BCUT2D eigenvalue weighted by molar-refractivity contribution is 0.0918. The van der Waals surface area contributed by atoms with E-state index in [1.807, 2.05) is 0 Å². The Hall–Kier alpha value is -0.160. The minimum Gasteiger partial charge on any atom is -0.390 e. The second-order valence-electron chi connectivity index (χ2n) is 4.95. The molecule has 2 saturated heterocycles. The van der Waals surface area contributed by atoms with Crippen molar-refractivity contribution in [2.24, 2.45) is 0 Å². The third kappa shape index (κ3) is 2.40. The second kappa shape index (κ2) is 5.45. The number of likely N-dealkylation sites (tertiary alicyclic amines) is 1. The third-order valence-electron chi connectivity index (χ3n) is 4.14. The fourth-order valence-electron chi connectivity index (χ4n) is 3.13. The number of likely N-dealkylation sites (N-methyl/N-ethyl adjacent to an activating group) is 1. The molecule has 0 saturated carbocycles. The van der Waals surface area contributed by atoms with Gasteiger partial charge in [0.05, 0.1) is 6.10 Å². The Morgan fingerprint density at radius 3 is 2.62 bits per heavy atom. The van der Waals surface area contributed by atoms with Crippen LogP contribution in [0.25, 0.3) is 0 Å². The van der Waals surface area contributed by atoms with Crippen LogP contribution < -0.4 is 5.32 Å². The van der Waals surface area contributed by atoms with E-state index in [1.54, 1.807) is 0 Å². The predicted molar refractivity (Wildman–Crippen MR) is 65.6 cm³/mol. The first-order valence-corrected chi connectivity index (χ1v) is 6.63. The second-order valence-corrected chi connectivity index (χ2v) is 4.95. The van der Waals surface area contributed by atoms with E-state index in [4.69, 9.17) is 0 Å². The van der Waals surface area contributed by atoms with Crippen molar-refractivity contribution in [3.63, 3.8) is 0 Å². The molecular formula is C12H25N3O. The quantitative estimate of drug-likeness (QED) is 0.694. The fraction of sp³-hybridized carbons (Fsp3) is 1.00. The maximum Gasteiger partial charge on any atom is 0.0831 e. The maximum absolute atomic E-state index is 9.87. The van der Waals surface area contributed by atoms with Crippen LogP contribution in [0.1, 0.15) is 20.3 Å². The lowest BCUT2D eigenvalue weighted by Gasteiger charge is -2.29. The summed E-state index contributed by atoms with van der Waals surface area (Å²) in [5, 5.41) is 13.1. The maximum atomic E-state index is 9.87. The van der Waals surface area contributed by atoms with Gasteiger partial charge in [-0.25, -0.2) is 0 Å². The van der Waals surface area contributed by atoms with Crippen molar-refractivity contribution in [1.29, 1.82) is 0 Å². The van der Waals surface area contributed by atoms with Crippen LogP contribution in [-0.4, -0.2) is 72.4 Å². The van der Waals surface area contributed by atoms with Crippen LogP contribution in [0.4, 0.5) is 0 Å². The van der Waals surface area contributed by atoms with Crippen molar-refractivity contribution >= 4 is 0 Å². The zero-order valence-corrected chi connectivity index (χ0v) is 10.5. The number of nitrogens with zero attached hydrogens (tertiary/aromatic N) is 2. The number of hydrogen-bond donors (Lipinski definition) is 2. The molecule has 4 heteroatoms. The van der Waals surface area contributed by atoms with Crippen molar-refractivity contribution in [2.75, 3.05) is 39.3 Å². The summed E-state index contributed by atoms with van der Waals surface area (Å²) in [7, 11) is 0. The van der Waals surface area contributed by atoms with E-state index in [1.165, 1.54) is 6.42 Å². The van der Waals surface area contributed by atoms with E-state index < -0.39 is 0 Å². The van der Waals surface area contributed by atoms with Gasteiger partial charge in [0.25, 0.3) is 0 Å². The van der Waals surface area contributed by atoms with Crippen molar-refractivity contribution in [1.82, 2.24) is 15.1 Å². The molecule has 16 heavy (non-hydrogen) atoms. The van der Waals surface area contributed by atoms with Gasteiger partial charge < -0.3 is 10.4 Å². The van der Waals surface area contributed by atoms with Crippen LogP contribution in [0.5, 0.6) is 0 Å². The zero-order valence-electron chi connectivity index (χ0n) is 10.5. The molecule has 4 nitrogen and oxygen atoms in total. The van der Waals surface area contributed by atoms with Gasteiger partial charge >= 0.3 is 0 Å². The van der Waals surface area contributed by atoms with Crippen molar-refractivity contribution < 1.29 is 5.11 Å². The lowest BCUT2D eigenvalue weighted by Crippen LogP contribution is -2.44. The Morgan fingerprint density at radius 1 is 1.31 bits per heavy atom. The zero-order chi connectivity index (χ0) is 11.5. The van der Waals surface area contributed by atoms with Gasteiger partial charge in [-0.15, -0.1) is 0 Å². The Kier molecular flexibility index (Phi) is 4.19. The first-order valence-electron chi connectivity index (χ1n) is 6.63. The first kappa shape index (κ1) is 12.3. The van der Waals surface area contributed by atoms with Crippen LogP contribution in [0, 0.1) is 0 Å². The van der Waals surface area contributed by atoms with E-state index in [0.717, 1.165) is 39.3 Å². The molecule has 2 N–H and O–H groups in total. The molecule has 2 heterocycles. The molecule has 0 amide bonds. The third-order valence-corrected chi connectivity index (χ3v) is 4.14. The van der Waals surface area contributed by atoms with Gasteiger partial charge in [-0.3, -0.25) is 9.80 Å². The molecule has 3 unspecified atom stereocenters. The van der Waals surface area contributed by atoms with Gasteiger partial charge in [0.1, 0.15) is 0 Å². The summed E-state index contributed by atoms with van der Waals surface area (Å²) >= 11 is 0. The van der Waals surface area contributed by atoms with Crippen LogP contribution in [-0.2, 0) is 0 Å². The van der Waals surface area contributed by atoms with Gasteiger partial charge in [-0.2, -0.15) is 0 Å². The van der Waals surface area contributed by atoms with Crippen molar-refractivity contribution in [3.05, 3.63) is 0 Å². The average Bonchev–Trinajstić information content (AvgIpc) is 2.89. The number of nitrogens with one attached hydrogen (secondary N) is 1. The highest BCUT2D eigenvalue weighted by Gasteiger charge is 2.36. The highest BCUT2D eigenvalue weighted by Crippen LogP contribution is 2.20. The van der Waals surface area contributed by atoms with Crippen molar-refractivity contribution in [3.8, 4) is 0 Å². The molecule has 0 aromatic heterocycles. The minimum atomic E-state index is -0.171. The molecule has 94 valence electrons. The van der Waals surface area contributed by atoms with Crippen LogP contribution in [0.3, 0.4) is 0 Å². The lowest BCUT2D eigenvalue weighted by atomic mass is 10.2. The van der Waals surface area contributed by atoms with Gasteiger partial charge in [0, 0.05) is 38.3 Å². The topological polar surface area (TPSA) is 38.7 Å². The number of β-amino-alcohol motifs (C(OH)–C–C–N with tert-alkyl or cyclic N) is 1. The summed E-state index contributed by atoms with van der Waals surface area (Å²) in [6.07, 6.45) is 1.08. The van der Waals surface area contributed by atoms with E-state index in [9.17, 15) is 5.11 Å². The largest absolute Gasteiger partial charge is 0.390 e. The normalized spacial score (nSPS) is 36.4. The summed E-state index contributed by atoms with van der Waals surface area (Å²) in [5.41, 5.74) is 0. The average molecular weight is 227 g/mol. The van der Waals surface area contributed by atoms with Crippen LogP contribution in [0.2, 0.25) is 0 Å². The summed E-state index contributed by atoms with van der Waals surface area (Å²) < 4.78 is 0. The molecule has 0 bridgehead atoms. The fourth-order valence-corrected chi connectivity index (χ4v) is 3.13. The number of rotatable bonds is 4. The molecule has 0 aromatic carbocycles. The van der Waals surface area contributed by atoms with Gasteiger partial charge in [-0.05, 0) is 19.5 Å². The molecule has 3 atom stereocenters. The Bertz CT molecular complexity index is 220. The number of hydrogen-bond acceptors (Lipinski definition) is 4. The van der Waals surface area contributed by atoms with E-state index in [0.29, 0.717) is 12.1 Å². The van der Waals surface area contributed by atoms with E-state index in [2.05, 4.69) is 29.0 Å². The summed E-state index contributed by atoms with van der Waals surface area (Å²) in [6.45, 7) is 10.7. The molecule has 2 rings (SSSR count). The Morgan fingerprint density at radius 2 is 2.06 bits per heavy atom. The molecule has 0 radical (unpaired) electrons. The summed E-state index contributed by atoms with van der Waals surface area (Å²) in [6, 6.07) is 1.04. The number of aliphatic hydroxyl groups excluding tert-OH is 1. The molecule has 0 spiro atoms. The highest BCUT2D eigenvalue weighted by atomic mass is 16.3. The van der Waals surface area contributed by atoms with Crippen molar-refractivity contribution in [2.45, 2.75) is 38.5 Å². The van der Waals surface area contributed by atoms with Gasteiger partial charge in [-0.1, -0.05) is 13.8 Å². The molecular weight excluding hydrogens is 202 g/mol. The molecule has 2 aliphatic heterocycles. The van der Waals surface area contributed by atoms with Crippen LogP contribution >= 0.6 is 0 Å². The van der Waals surface area contributed by atoms with E-state index >= 15 is 0 Å². The Labute approximate surface area is 98.6 Å². The summed E-state index contributed by atoms with van der Waals surface area (Å²) in [5.74, 6) is 0. The number of aliphatic hydroxyl groups is 1. The molecule has 2 aliphatic rings. The monoisotopic (exact) mass is 227 g/mol. The SMILES string of the molecule is CCN(CC)C1CCN(C2CNCC2O)C1. The molecule has 2 fully saturated rings. The highest BCUT2D eigenvalue weighted by molar-refractivity contribution is 4.94. The predicted octanol–water partition coefficient (Wildman–Crippen LogP) is -0.265. The standard InChI is InChI=1S/C12H25N3O/c1-3-14(4-2)10-5-6-15(9-10)11-7-13-8-12(11)16/h10-13,16H,3-9H2,1-2H3. The molecule has 0 aliphatic carbocycles. The van der Waals surface area contributed by atoms with E-state index in [-0.39, 0.29) is 6.10 Å². The smallest absolute Gasteiger partial charge is 0.0831 e. The van der Waals surface area contributed by atoms with Crippen LogP contribution in [0.15, 0.2) is 0 Å².